The van der Waals surface area contributed by atoms with Gasteiger partial charge in [-0.25, -0.2) is 4.98 Å². The summed E-state index contributed by atoms with van der Waals surface area (Å²) in [5.41, 5.74) is 0. The van der Waals surface area contributed by atoms with E-state index < -0.39 is 0 Å². The number of rotatable bonds is 4. The summed E-state index contributed by atoms with van der Waals surface area (Å²) in [7, 11) is 0. The molecular weight excluding hydrogens is 238 g/mol. The summed E-state index contributed by atoms with van der Waals surface area (Å²) in [6.07, 6.45) is 13.4. The van der Waals surface area contributed by atoms with Crippen LogP contribution in [0.15, 0.2) is 12.4 Å². The molecule has 1 saturated carbocycles. The first kappa shape index (κ1) is 13.0. The highest BCUT2D eigenvalue weighted by molar-refractivity contribution is 5.29. The van der Waals surface area contributed by atoms with Crippen molar-refractivity contribution in [1.82, 2.24) is 9.55 Å². The summed E-state index contributed by atoms with van der Waals surface area (Å²) in [4.78, 5) is 4.50. The molecule has 1 aliphatic heterocycles. The SMILES string of the molecule is CC(Nc1nccn1C1CCCCC1)C1CCCO1. The number of nitrogens with one attached hydrogen (secondary N) is 1. The quantitative estimate of drug-likeness (QED) is 0.905. The van der Waals surface area contributed by atoms with Crippen LogP contribution in [0.25, 0.3) is 0 Å². The fourth-order valence-corrected chi connectivity index (χ4v) is 3.37. The number of hydrogen-bond donors (Lipinski definition) is 1. The summed E-state index contributed by atoms with van der Waals surface area (Å²) >= 11 is 0. The molecule has 4 nitrogen and oxygen atoms in total. The maximum absolute atomic E-state index is 5.75. The van der Waals surface area contributed by atoms with Crippen molar-refractivity contribution < 1.29 is 4.74 Å². The second-order valence-electron chi connectivity index (χ2n) is 5.93. The number of nitrogens with zero attached hydrogens (tertiary/aromatic N) is 2. The van der Waals surface area contributed by atoms with Gasteiger partial charge in [0.05, 0.1) is 12.1 Å². The highest BCUT2D eigenvalue weighted by atomic mass is 16.5. The van der Waals surface area contributed by atoms with Gasteiger partial charge in [-0.1, -0.05) is 19.3 Å². The Morgan fingerprint density at radius 3 is 2.84 bits per heavy atom. The predicted molar refractivity (Wildman–Crippen MR) is 76.4 cm³/mol. The third-order valence-corrected chi connectivity index (χ3v) is 4.52. The second kappa shape index (κ2) is 5.95. The number of aromatic nitrogens is 2. The molecule has 1 saturated heterocycles. The van der Waals surface area contributed by atoms with Crippen molar-refractivity contribution in [3.63, 3.8) is 0 Å². The van der Waals surface area contributed by atoms with Crippen molar-refractivity contribution in [2.45, 2.75) is 70.1 Å². The summed E-state index contributed by atoms with van der Waals surface area (Å²) < 4.78 is 8.09. The van der Waals surface area contributed by atoms with E-state index in [0.29, 0.717) is 18.2 Å². The molecular formula is C15H25N3O. The molecule has 19 heavy (non-hydrogen) atoms. The van der Waals surface area contributed by atoms with Crippen LogP contribution in [0.4, 0.5) is 5.95 Å². The molecule has 1 N–H and O–H groups in total. The van der Waals surface area contributed by atoms with Crippen LogP contribution in [0.1, 0.15) is 57.9 Å². The molecule has 0 radical (unpaired) electrons. The van der Waals surface area contributed by atoms with E-state index in [-0.39, 0.29) is 0 Å². The van der Waals surface area contributed by atoms with Crippen molar-refractivity contribution in [3.05, 3.63) is 12.4 Å². The van der Waals surface area contributed by atoms with Gasteiger partial charge in [-0.2, -0.15) is 0 Å². The molecule has 1 aromatic heterocycles. The lowest BCUT2D eigenvalue weighted by Gasteiger charge is -2.27. The average molecular weight is 263 g/mol. The maximum Gasteiger partial charge on any atom is 0.203 e. The minimum atomic E-state index is 0.340. The number of hydrogen-bond acceptors (Lipinski definition) is 3. The summed E-state index contributed by atoms with van der Waals surface area (Å²) in [5, 5.41) is 3.56. The monoisotopic (exact) mass is 263 g/mol. The van der Waals surface area contributed by atoms with Crippen LogP contribution < -0.4 is 5.32 Å². The van der Waals surface area contributed by atoms with Gasteiger partial charge in [0.25, 0.3) is 0 Å². The Morgan fingerprint density at radius 2 is 2.11 bits per heavy atom. The third-order valence-electron chi connectivity index (χ3n) is 4.52. The Labute approximate surface area is 115 Å². The number of anilines is 1. The molecule has 2 atom stereocenters. The van der Waals surface area contributed by atoms with Gasteiger partial charge in [-0.15, -0.1) is 0 Å². The number of imidazole rings is 1. The van der Waals surface area contributed by atoms with E-state index in [1.165, 1.54) is 38.5 Å². The molecule has 106 valence electrons. The zero-order valence-corrected chi connectivity index (χ0v) is 11.8. The van der Waals surface area contributed by atoms with Crippen LogP contribution in [0.3, 0.4) is 0 Å². The highest BCUT2D eigenvalue weighted by Crippen LogP contribution is 2.30. The van der Waals surface area contributed by atoms with Gasteiger partial charge < -0.3 is 14.6 Å². The van der Waals surface area contributed by atoms with E-state index in [9.17, 15) is 0 Å². The Kier molecular flexibility index (Phi) is 4.06. The molecule has 2 unspecified atom stereocenters. The van der Waals surface area contributed by atoms with Gasteiger partial charge in [0.2, 0.25) is 5.95 Å². The van der Waals surface area contributed by atoms with Crippen LogP contribution >= 0.6 is 0 Å². The van der Waals surface area contributed by atoms with E-state index in [2.05, 4.69) is 28.0 Å². The van der Waals surface area contributed by atoms with Crippen molar-refractivity contribution in [1.29, 1.82) is 0 Å². The first-order valence-electron chi connectivity index (χ1n) is 7.75. The lowest BCUT2D eigenvalue weighted by Crippen LogP contribution is -2.31. The lowest BCUT2D eigenvalue weighted by atomic mass is 9.95. The second-order valence-corrected chi connectivity index (χ2v) is 5.93. The van der Waals surface area contributed by atoms with Gasteiger partial charge >= 0.3 is 0 Å². The predicted octanol–water partition coefficient (Wildman–Crippen LogP) is 3.37. The van der Waals surface area contributed by atoms with Crippen molar-refractivity contribution in [2.24, 2.45) is 0 Å². The molecule has 1 aliphatic carbocycles. The largest absolute Gasteiger partial charge is 0.376 e. The van der Waals surface area contributed by atoms with E-state index in [1.807, 2.05) is 6.20 Å². The van der Waals surface area contributed by atoms with E-state index in [0.717, 1.165) is 19.0 Å². The van der Waals surface area contributed by atoms with Gasteiger partial charge in [0, 0.05) is 25.0 Å². The van der Waals surface area contributed by atoms with Crippen LogP contribution in [0.5, 0.6) is 0 Å². The molecule has 0 aromatic carbocycles. The molecule has 2 fully saturated rings. The molecule has 2 heterocycles. The van der Waals surface area contributed by atoms with Crippen LogP contribution in [0, 0.1) is 0 Å². The summed E-state index contributed by atoms with van der Waals surface area (Å²) in [6, 6.07) is 0.975. The Balaban J connectivity index is 1.65. The van der Waals surface area contributed by atoms with Crippen LogP contribution in [0.2, 0.25) is 0 Å². The molecule has 0 spiro atoms. The fourth-order valence-electron chi connectivity index (χ4n) is 3.37. The van der Waals surface area contributed by atoms with Gasteiger partial charge in [0.1, 0.15) is 0 Å². The highest BCUT2D eigenvalue weighted by Gasteiger charge is 2.24. The zero-order chi connectivity index (χ0) is 13.1. The standard InChI is InChI=1S/C15H25N3O/c1-12(14-8-5-11-19-14)17-15-16-9-10-18(15)13-6-3-2-4-7-13/h9-10,12-14H,2-8,11H2,1H3,(H,16,17). The normalized spacial score (nSPS) is 26.5. The van der Waals surface area contributed by atoms with Gasteiger partial charge in [0.15, 0.2) is 0 Å². The molecule has 0 bridgehead atoms. The molecule has 3 rings (SSSR count). The third kappa shape index (κ3) is 2.94. The summed E-state index contributed by atoms with van der Waals surface area (Å²) in [6.45, 7) is 3.11. The minimum Gasteiger partial charge on any atom is -0.376 e. The molecule has 1 aromatic rings. The Morgan fingerprint density at radius 1 is 1.26 bits per heavy atom. The van der Waals surface area contributed by atoms with E-state index in [4.69, 9.17) is 4.74 Å². The fraction of sp³-hybridized carbons (Fsp3) is 0.800. The average Bonchev–Trinajstić information content (AvgIpc) is 3.11. The van der Waals surface area contributed by atoms with Crippen LogP contribution in [-0.4, -0.2) is 28.3 Å². The van der Waals surface area contributed by atoms with Crippen molar-refractivity contribution in [3.8, 4) is 0 Å². The minimum absolute atomic E-state index is 0.340. The Hall–Kier alpha value is -1.03. The van der Waals surface area contributed by atoms with E-state index in [1.54, 1.807) is 0 Å². The molecule has 2 aliphatic rings. The zero-order valence-electron chi connectivity index (χ0n) is 11.8. The summed E-state index contributed by atoms with van der Waals surface area (Å²) in [5.74, 6) is 1.02. The molecule has 4 heteroatoms. The first-order valence-corrected chi connectivity index (χ1v) is 7.75. The van der Waals surface area contributed by atoms with Crippen molar-refractivity contribution in [2.75, 3.05) is 11.9 Å². The first-order chi connectivity index (χ1) is 9.34. The van der Waals surface area contributed by atoms with Crippen molar-refractivity contribution >= 4 is 5.95 Å². The maximum atomic E-state index is 5.75. The Bertz CT molecular complexity index is 392. The van der Waals surface area contributed by atoms with E-state index >= 15 is 0 Å². The van der Waals surface area contributed by atoms with Gasteiger partial charge in [-0.3, -0.25) is 0 Å². The smallest absolute Gasteiger partial charge is 0.203 e. The topological polar surface area (TPSA) is 39.1 Å². The molecule has 0 amide bonds. The van der Waals surface area contributed by atoms with Gasteiger partial charge in [-0.05, 0) is 32.6 Å². The van der Waals surface area contributed by atoms with Crippen LogP contribution in [-0.2, 0) is 4.74 Å². The lowest BCUT2D eigenvalue weighted by molar-refractivity contribution is 0.0993. The number of ether oxygens (including phenoxy) is 1.